The number of hydrogen-bond acceptors (Lipinski definition) is 4. The van der Waals surface area contributed by atoms with Crippen LogP contribution in [0.5, 0.6) is 0 Å². The summed E-state index contributed by atoms with van der Waals surface area (Å²) in [4.78, 5) is 18.2. The lowest BCUT2D eigenvalue weighted by Gasteiger charge is -2.33. The zero-order valence-corrected chi connectivity index (χ0v) is 13.0. The van der Waals surface area contributed by atoms with Gasteiger partial charge in [-0.05, 0) is 37.8 Å². The summed E-state index contributed by atoms with van der Waals surface area (Å²) in [5.41, 5.74) is 1.13. The minimum Gasteiger partial charge on any atom is -0.449 e. The molecule has 1 atom stereocenters. The van der Waals surface area contributed by atoms with Crippen LogP contribution in [0, 0.1) is 6.92 Å². The Morgan fingerprint density at radius 1 is 1.57 bits per heavy atom. The Morgan fingerprint density at radius 2 is 2.43 bits per heavy atom. The van der Waals surface area contributed by atoms with Crippen molar-refractivity contribution < 1.29 is 9.53 Å². The molecule has 1 saturated heterocycles. The van der Waals surface area contributed by atoms with E-state index in [4.69, 9.17) is 4.74 Å². The first-order valence-corrected chi connectivity index (χ1v) is 7.80. The molecule has 21 heavy (non-hydrogen) atoms. The molecule has 1 amide bonds. The molecule has 0 saturated carbocycles. The van der Waals surface area contributed by atoms with Crippen LogP contribution in [0.4, 0.5) is 10.6 Å². The SMILES string of the molecule is CCCCOC(=O)N1CCCC(Nc2ncccc2C)C1. The average molecular weight is 291 g/mol. The number of carbonyl (C=O) groups is 1. The van der Waals surface area contributed by atoms with Crippen LogP contribution in [-0.2, 0) is 4.74 Å². The number of ether oxygens (including phenoxy) is 1. The number of aromatic nitrogens is 1. The van der Waals surface area contributed by atoms with Gasteiger partial charge in [0.25, 0.3) is 0 Å². The summed E-state index contributed by atoms with van der Waals surface area (Å²) in [6.45, 7) is 6.10. The molecule has 0 radical (unpaired) electrons. The Labute approximate surface area is 126 Å². The molecule has 1 aliphatic rings. The average Bonchev–Trinajstić information content (AvgIpc) is 2.50. The molecule has 1 aromatic rings. The van der Waals surface area contributed by atoms with Gasteiger partial charge in [-0.2, -0.15) is 0 Å². The first kappa shape index (κ1) is 15.6. The molecule has 0 aliphatic carbocycles. The predicted molar refractivity (Wildman–Crippen MR) is 83.4 cm³/mol. The number of aryl methyl sites for hydroxylation is 1. The first-order valence-electron chi connectivity index (χ1n) is 7.80. The predicted octanol–water partition coefficient (Wildman–Crippen LogP) is 3.20. The van der Waals surface area contributed by atoms with Gasteiger partial charge >= 0.3 is 6.09 Å². The zero-order valence-electron chi connectivity index (χ0n) is 13.0. The summed E-state index contributed by atoms with van der Waals surface area (Å²) in [6.07, 6.45) is 5.61. The lowest BCUT2D eigenvalue weighted by Crippen LogP contribution is -2.45. The Balaban J connectivity index is 1.86. The molecule has 1 aliphatic heterocycles. The van der Waals surface area contributed by atoms with Gasteiger partial charge in [-0.15, -0.1) is 0 Å². The maximum absolute atomic E-state index is 12.0. The molecule has 1 aromatic heterocycles. The van der Waals surface area contributed by atoms with Crippen LogP contribution in [0.25, 0.3) is 0 Å². The molecule has 1 fully saturated rings. The van der Waals surface area contributed by atoms with Crippen molar-refractivity contribution in [2.45, 2.75) is 45.6 Å². The van der Waals surface area contributed by atoms with E-state index in [1.807, 2.05) is 19.1 Å². The summed E-state index contributed by atoms with van der Waals surface area (Å²) in [5, 5.41) is 3.44. The molecule has 0 aromatic carbocycles. The van der Waals surface area contributed by atoms with Crippen molar-refractivity contribution in [1.29, 1.82) is 0 Å². The lowest BCUT2D eigenvalue weighted by atomic mass is 10.1. The third kappa shape index (κ3) is 4.62. The number of likely N-dealkylation sites (tertiary alicyclic amines) is 1. The second-order valence-corrected chi connectivity index (χ2v) is 5.57. The van der Waals surface area contributed by atoms with Gasteiger partial charge in [0.05, 0.1) is 6.61 Å². The van der Waals surface area contributed by atoms with E-state index in [0.717, 1.165) is 43.6 Å². The topological polar surface area (TPSA) is 54.5 Å². The zero-order chi connectivity index (χ0) is 15.1. The molecule has 2 rings (SSSR count). The Morgan fingerprint density at radius 3 is 3.19 bits per heavy atom. The lowest BCUT2D eigenvalue weighted by molar-refractivity contribution is 0.0920. The van der Waals surface area contributed by atoms with E-state index in [0.29, 0.717) is 13.2 Å². The standard InChI is InChI=1S/C16H25N3O2/c1-3-4-11-21-16(20)19-10-6-8-14(12-19)18-15-13(2)7-5-9-17-15/h5,7,9,14H,3-4,6,8,10-12H2,1-2H3,(H,17,18). The Kier molecular flexibility index (Phi) is 5.84. The third-order valence-corrected chi connectivity index (χ3v) is 3.75. The monoisotopic (exact) mass is 291 g/mol. The number of anilines is 1. The second-order valence-electron chi connectivity index (χ2n) is 5.57. The van der Waals surface area contributed by atoms with E-state index in [-0.39, 0.29) is 12.1 Å². The van der Waals surface area contributed by atoms with E-state index in [9.17, 15) is 4.79 Å². The smallest absolute Gasteiger partial charge is 0.409 e. The highest BCUT2D eigenvalue weighted by Crippen LogP contribution is 2.17. The van der Waals surface area contributed by atoms with Crippen molar-refractivity contribution >= 4 is 11.9 Å². The van der Waals surface area contributed by atoms with E-state index in [2.05, 4.69) is 17.2 Å². The Bertz CT molecular complexity index is 465. The van der Waals surface area contributed by atoms with Gasteiger partial charge in [-0.25, -0.2) is 9.78 Å². The Hall–Kier alpha value is -1.78. The van der Waals surface area contributed by atoms with Crippen LogP contribution in [-0.4, -0.2) is 41.7 Å². The number of rotatable bonds is 5. The number of hydrogen-bond donors (Lipinski definition) is 1. The summed E-state index contributed by atoms with van der Waals surface area (Å²) in [5.74, 6) is 0.906. The largest absolute Gasteiger partial charge is 0.449 e. The van der Waals surface area contributed by atoms with Crippen molar-refractivity contribution in [3.8, 4) is 0 Å². The fourth-order valence-corrected chi connectivity index (χ4v) is 2.49. The van der Waals surface area contributed by atoms with Crippen molar-refractivity contribution in [3.63, 3.8) is 0 Å². The van der Waals surface area contributed by atoms with Crippen molar-refractivity contribution in [3.05, 3.63) is 23.9 Å². The summed E-state index contributed by atoms with van der Waals surface area (Å²) in [7, 11) is 0. The molecule has 116 valence electrons. The molecule has 5 heteroatoms. The van der Waals surface area contributed by atoms with Gasteiger partial charge in [0.1, 0.15) is 5.82 Å². The minimum absolute atomic E-state index is 0.187. The highest BCUT2D eigenvalue weighted by atomic mass is 16.6. The number of unbranched alkanes of at least 4 members (excludes halogenated alkanes) is 1. The summed E-state index contributed by atoms with van der Waals surface area (Å²) in [6, 6.07) is 4.21. The number of carbonyl (C=O) groups excluding carboxylic acids is 1. The van der Waals surface area contributed by atoms with Crippen LogP contribution < -0.4 is 5.32 Å². The van der Waals surface area contributed by atoms with Crippen LogP contribution in [0.15, 0.2) is 18.3 Å². The number of piperidine rings is 1. The molecule has 0 spiro atoms. The fraction of sp³-hybridized carbons (Fsp3) is 0.625. The molecule has 1 N–H and O–H groups in total. The van der Waals surface area contributed by atoms with Gasteiger partial charge in [-0.1, -0.05) is 19.4 Å². The number of amides is 1. The van der Waals surface area contributed by atoms with Crippen LogP contribution in [0.3, 0.4) is 0 Å². The van der Waals surface area contributed by atoms with Gasteiger partial charge in [0, 0.05) is 25.3 Å². The van der Waals surface area contributed by atoms with Gasteiger partial charge in [0.2, 0.25) is 0 Å². The number of nitrogens with one attached hydrogen (secondary N) is 1. The van der Waals surface area contributed by atoms with Crippen LogP contribution in [0.2, 0.25) is 0 Å². The van der Waals surface area contributed by atoms with Gasteiger partial charge in [0.15, 0.2) is 0 Å². The number of pyridine rings is 1. The third-order valence-electron chi connectivity index (χ3n) is 3.75. The van der Waals surface area contributed by atoms with Crippen molar-refractivity contribution in [2.24, 2.45) is 0 Å². The molecule has 2 heterocycles. The molecular weight excluding hydrogens is 266 g/mol. The second kappa shape index (κ2) is 7.86. The highest BCUT2D eigenvalue weighted by molar-refractivity contribution is 5.67. The normalized spacial score (nSPS) is 18.4. The minimum atomic E-state index is -0.187. The fourth-order valence-electron chi connectivity index (χ4n) is 2.49. The van der Waals surface area contributed by atoms with E-state index in [1.165, 1.54) is 0 Å². The molecule has 0 bridgehead atoms. The molecule has 1 unspecified atom stereocenters. The highest BCUT2D eigenvalue weighted by Gasteiger charge is 2.24. The number of nitrogens with zero attached hydrogens (tertiary/aromatic N) is 2. The van der Waals surface area contributed by atoms with Gasteiger partial charge in [-0.3, -0.25) is 0 Å². The quantitative estimate of drug-likeness (QED) is 0.846. The summed E-state index contributed by atoms with van der Waals surface area (Å²) >= 11 is 0. The van der Waals surface area contributed by atoms with Crippen LogP contribution in [0.1, 0.15) is 38.2 Å². The maximum atomic E-state index is 12.0. The van der Waals surface area contributed by atoms with Gasteiger partial charge < -0.3 is 15.0 Å². The maximum Gasteiger partial charge on any atom is 0.409 e. The molecular formula is C16H25N3O2. The van der Waals surface area contributed by atoms with E-state index in [1.54, 1.807) is 11.1 Å². The van der Waals surface area contributed by atoms with E-state index >= 15 is 0 Å². The van der Waals surface area contributed by atoms with Crippen molar-refractivity contribution in [2.75, 3.05) is 25.0 Å². The van der Waals surface area contributed by atoms with Crippen LogP contribution >= 0.6 is 0 Å². The van der Waals surface area contributed by atoms with Crippen molar-refractivity contribution in [1.82, 2.24) is 9.88 Å². The van der Waals surface area contributed by atoms with E-state index < -0.39 is 0 Å². The first-order chi connectivity index (χ1) is 10.2. The molecule has 5 nitrogen and oxygen atoms in total. The summed E-state index contributed by atoms with van der Waals surface area (Å²) < 4.78 is 5.29.